The minimum absolute atomic E-state index is 0.305. The minimum atomic E-state index is -0.825. The van der Waals surface area contributed by atoms with Crippen LogP contribution in [-0.2, 0) is 11.0 Å². The lowest BCUT2D eigenvalue weighted by Crippen LogP contribution is -2.43. The van der Waals surface area contributed by atoms with Gasteiger partial charge >= 0.3 is 0 Å². The lowest BCUT2D eigenvalue weighted by Gasteiger charge is -2.39. The highest BCUT2D eigenvalue weighted by molar-refractivity contribution is 6.30. The van der Waals surface area contributed by atoms with Crippen LogP contribution in [0.2, 0.25) is 5.02 Å². The molecule has 0 saturated carbocycles. The second kappa shape index (κ2) is 10.1. The van der Waals surface area contributed by atoms with Gasteiger partial charge in [0.1, 0.15) is 11.2 Å². The van der Waals surface area contributed by atoms with Crippen LogP contribution in [0.15, 0.2) is 78.9 Å². The van der Waals surface area contributed by atoms with Crippen molar-refractivity contribution in [1.82, 2.24) is 4.90 Å². The average molecular weight is 463 g/mol. The first kappa shape index (κ1) is 23.4. The molecule has 0 radical (unpaired) electrons. The van der Waals surface area contributed by atoms with Crippen LogP contribution in [0.5, 0.6) is 0 Å². The molecule has 0 aromatic heterocycles. The Balaban J connectivity index is 1.43. The van der Waals surface area contributed by atoms with E-state index in [1.807, 2.05) is 54.6 Å². The summed E-state index contributed by atoms with van der Waals surface area (Å²) in [5.74, 6) is -0.305. The van der Waals surface area contributed by atoms with Crippen LogP contribution in [0.1, 0.15) is 42.4 Å². The summed E-state index contributed by atoms with van der Waals surface area (Å²) >= 11 is 5.99. The van der Waals surface area contributed by atoms with E-state index in [-0.39, 0.29) is 5.82 Å². The van der Waals surface area contributed by atoms with Crippen LogP contribution in [0.3, 0.4) is 0 Å². The molecule has 1 heterocycles. The lowest BCUT2D eigenvalue weighted by molar-refractivity contribution is -0.0262. The fourth-order valence-corrected chi connectivity index (χ4v) is 4.99. The molecular weight excluding hydrogens is 435 g/mol. The molecule has 33 heavy (non-hydrogen) atoms. The Kier molecular flexibility index (Phi) is 7.14. The number of hydrogen-bond acceptors (Lipinski definition) is 3. The molecule has 1 saturated heterocycles. The zero-order valence-corrected chi connectivity index (χ0v) is 19.3. The van der Waals surface area contributed by atoms with Crippen molar-refractivity contribution < 1.29 is 9.50 Å². The van der Waals surface area contributed by atoms with Gasteiger partial charge in [-0.25, -0.2) is 4.39 Å². The van der Waals surface area contributed by atoms with Crippen molar-refractivity contribution >= 4 is 11.6 Å². The Morgan fingerprint density at radius 2 is 1.55 bits per heavy atom. The fourth-order valence-electron chi connectivity index (χ4n) is 4.86. The maximum atomic E-state index is 13.6. The number of hydrogen-bond donors (Lipinski definition) is 1. The van der Waals surface area contributed by atoms with Crippen LogP contribution in [-0.4, -0.2) is 29.6 Å². The molecular formula is C28H28ClFN2O. The van der Waals surface area contributed by atoms with Gasteiger partial charge in [-0.05, 0) is 73.2 Å². The first-order valence-electron chi connectivity index (χ1n) is 11.4. The Hall–Kier alpha value is -2.71. The van der Waals surface area contributed by atoms with E-state index in [4.69, 9.17) is 11.6 Å². The Morgan fingerprint density at radius 3 is 2.15 bits per heavy atom. The summed E-state index contributed by atoms with van der Waals surface area (Å²) in [4.78, 5) is 2.35. The quantitative estimate of drug-likeness (QED) is 0.464. The molecule has 170 valence electrons. The van der Waals surface area contributed by atoms with Crippen LogP contribution >= 0.6 is 11.6 Å². The highest BCUT2D eigenvalue weighted by Gasteiger charge is 2.36. The number of piperidine rings is 1. The molecule has 0 spiro atoms. The van der Waals surface area contributed by atoms with Crippen molar-refractivity contribution in [2.75, 3.05) is 19.6 Å². The monoisotopic (exact) mass is 462 g/mol. The van der Waals surface area contributed by atoms with E-state index in [0.29, 0.717) is 24.3 Å². The van der Waals surface area contributed by atoms with E-state index < -0.39 is 11.0 Å². The number of nitrogens with zero attached hydrogens (tertiary/aromatic N) is 2. The summed E-state index contributed by atoms with van der Waals surface area (Å²) in [5.41, 5.74) is 1.00. The zero-order valence-electron chi connectivity index (χ0n) is 18.6. The minimum Gasteiger partial charge on any atom is -0.385 e. The van der Waals surface area contributed by atoms with E-state index >= 15 is 0 Å². The highest BCUT2D eigenvalue weighted by atomic mass is 35.5. The molecule has 0 bridgehead atoms. The van der Waals surface area contributed by atoms with Crippen LogP contribution in [0.4, 0.5) is 4.39 Å². The molecule has 1 fully saturated rings. The predicted octanol–water partition coefficient (Wildman–Crippen LogP) is 6.05. The summed E-state index contributed by atoms with van der Waals surface area (Å²) < 4.78 is 13.6. The number of halogens is 2. The molecule has 1 atom stereocenters. The Labute approximate surface area is 200 Å². The first-order chi connectivity index (χ1) is 15.9. The third-order valence-electron chi connectivity index (χ3n) is 6.89. The SMILES string of the molecule is N#CC(CCCN1CCC(O)(c2ccc(Cl)cc2)CC1)(c1ccccc1)c1ccc(F)cc1. The maximum absolute atomic E-state index is 13.6. The number of nitriles is 1. The van der Waals surface area contributed by atoms with Crippen LogP contribution < -0.4 is 0 Å². The number of benzene rings is 3. The molecule has 1 aliphatic rings. The molecule has 1 unspecified atom stereocenters. The lowest BCUT2D eigenvalue weighted by atomic mass is 9.72. The summed E-state index contributed by atoms with van der Waals surface area (Å²) in [6, 6.07) is 26.0. The van der Waals surface area contributed by atoms with Crippen molar-refractivity contribution in [2.45, 2.75) is 36.7 Å². The molecule has 3 nitrogen and oxygen atoms in total. The van der Waals surface area contributed by atoms with Gasteiger partial charge in [-0.2, -0.15) is 5.26 Å². The topological polar surface area (TPSA) is 47.3 Å². The van der Waals surface area contributed by atoms with Gasteiger partial charge in [-0.3, -0.25) is 0 Å². The van der Waals surface area contributed by atoms with E-state index in [9.17, 15) is 14.8 Å². The molecule has 1 aliphatic heterocycles. The Morgan fingerprint density at radius 1 is 0.939 bits per heavy atom. The highest BCUT2D eigenvalue weighted by Crippen LogP contribution is 2.37. The molecule has 0 aliphatic carbocycles. The van der Waals surface area contributed by atoms with Gasteiger partial charge in [-0.1, -0.05) is 66.2 Å². The van der Waals surface area contributed by atoms with Gasteiger partial charge < -0.3 is 10.0 Å². The van der Waals surface area contributed by atoms with Crippen molar-refractivity contribution in [2.24, 2.45) is 0 Å². The van der Waals surface area contributed by atoms with Crippen LogP contribution in [0.25, 0.3) is 0 Å². The van der Waals surface area contributed by atoms with Crippen molar-refractivity contribution in [3.8, 4) is 6.07 Å². The Bertz CT molecular complexity index is 1090. The normalized spacial score (nSPS) is 17.8. The second-order valence-corrected chi connectivity index (χ2v) is 9.31. The van der Waals surface area contributed by atoms with Gasteiger partial charge in [0.2, 0.25) is 0 Å². The largest absolute Gasteiger partial charge is 0.385 e. The molecule has 4 rings (SSSR count). The first-order valence-corrected chi connectivity index (χ1v) is 11.8. The van der Waals surface area contributed by atoms with Gasteiger partial charge in [0.05, 0.1) is 11.7 Å². The van der Waals surface area contributed by atoms with Gasteiger partial charge in [0.25, 0.3) is 0 Å². The van der Waals surface area contributed by atoms with Crippen molar-refractivity contribution in [3.05, 3.63) is 106 Å². The number of likely N-dealkylation sites (tertiary alicyclic amines) is 1. The summed E-state index contributed by atoms with van der Waals surface area (Å²) in [6.07, 6.45) is 2.78. The van der Waals surface area contributed by atoms with Crippen LogP contribution in [0, 0.1) is 17.1 Å². The van der Waals surface area contributed by atoms with Crippen molar-refractivity contribution in [1.29, 1.82) is 5.26 Å². The molecule has 3 aromatic carbocycles. The third-order valence-corrected chi connectivity index (χ3v) is 7.14. The molecule has 0 amide bonds. The van der Waals surface area contributed by atoms with Gasteiger partial charge in [-0.15, -0.1) is 0 Å². The van der Waals surface area contributed by atoms with E-state index in [1.54, 1.807) is 12.1 Å². The maximum Gasteiger partial charge on any atom is 0.123 e. The van der Waals surface area contributed by atoms with Gasteiger partial charge in [0.15, 0.2) is 0 Å². The van der Waals surface area contributed by atoms with E-state index in [0.717, 1.165) is 42.7 Å². The molecule has 3 aromatic rings. The van der Waals surface area contributed by atoms with E-state index in [1.165, 1.54) is 12.1 Å². The second-order valence-electron chi connectivity index (χ2n) is 8.87. The molecule has 1 N–H and O–H groups in total. The molecule has 5 heteroatoms. The smallest absolute Gasteiger partial charge is 0.123 e. The number of rotatable bonds is 7. The summed E-state index contributed by atoms with van der Waals surface area (Å²) in [5, 5.41) is 22.1. The fraction of sp³-hybridized carbons (Fsp3) is 0.321. The third kappa shape index (κ3) is 5.12. The number of aliphatic hydroxyl groups is 1. The predicted molar refractivity (Wildman–Crippen MR) is 129 cm³/mol. The average Bonchev–Trinajstić information content (AvgIpc) is 2.85. The summed E-state index contributed by atoms with van der Waals surface area (Å²) in [6.45, 7) is 2.43. The zero-order chi connectivity index (χ0) is 23.3. The van der Waals surface area contributed by atoms with Crippen molar-refractivity contribution in [3.63, 3.8) is 0 Å². The van der Waals surface area contributed by atoms with E-state index in [2.05, 4.69) is 11.0 Å². The van der Waals surface area contributed by atoms with Gasteiger partial charge in [0, 0.05) is 18.1 Å². The summed E-state index contributed by atoms with van der Waals surface area (Å²) in [7, 11) is 0. The standard InChI is InChI=1S/C28H28ClFN2O/c29-25-11-7-24(8-12-25)28(33)16-19-32(20-17-28)18-4-15-27(21-31,22-5-2-1-3-6-22)23-9-13-26(30)14-10-23/h1-3,5-14,33H,4,15-20H2.